The second kappa shape index (κ2) is 9.98. The van der Waals surface area contributed by atoms with Gasteiger partial charge < -0.3 is 20.7 Å². The number of fused-ring (bicyclic) bond motifs is 1. The van der Waals surface area contributed by atoms with Crippen molar-refractivity contribution in [2.45, 2.75) is 44.3 Å². The van der Waals surface area contributed by atoms with Gasteiger partial charge in [0.25, 0.3) is 5.91 Å². The van der Waals surface area contributed by atoms with E-state index in [2.05, 4.69) is 25.9 Å². The van der Waals surface area contributed by atoms with Crippen molar-refractivity contribution in [2.75, 3.05) is 23.7 Å². The molecular weight excluding hydrogens is 483 g/mol. The Kier molecular flexibility index (Phi) is 6.37. The summed E-state index contributed by atoms with van der Waals surface area (Å²) < 4.78 is 20.8. The molecule has 1 aliphatic carbocycles. The Balaban J connectivity index is 1.32. The molecule has 0 spiro atoms. The molecule has 6 rings (SSSR count). The molecule has 3 heterocycles. The number of halogens is 1. The average molecular weight is 513 g/mol. The molecule has 3 N–H and O–H groups in total. The van der Waals surface area contributed by atoms with E-state index in [1.807, 2.05) is 49.4 Å². The monoisotopic (exact) mass is 512 g/mol. The van der Waals surface area contributed by atoms with Crippen LogP contribution < -0.4 is 20.7 Å². The minimum atomic E-state index is -1.76. The number of alkyl halides is 1. The highest BCUT2D eigenvalue weighted by Gasteiger charge is 2.50. The lowest BCUT2D eigenvalue weighted by molar-refractivity contribution is -0.122. The van der Waals surface area contributed by atoms with Crippen LogP contribution in [0, 0.1) is 6.92 Å². The van der Waals surface area contributed by atoms with E-state index in [0.717, 1.165) is 47.8 Å². The van der Waals surface area contributed by atoms with Crippen molar-refractivity contribution in [3.63, 3.8) is 0 Å². The van der Waals surface area contributed by atoms with Crippen LogP contribution in [0.2, 0.25) is 0 Å². The second-order valence-corrected chi connectivity index (χ2v) is 9.94. The van der Waals surface area contributed by atoms with E-state index < -0.39 is 11.6 Å². The third-order valence-electron chi connectivity index (χ3n) is 7.08. The molecule has 2 aromatic heterocycles. The lowest BCUT2D eigenvalue weighted by atomic mass is 10.0. The molecule has 4 aromatic rings. The van der Waals surface area contributed by atoms with E-state index in [0.29, 0.717) is 29.0 Å². The Labute approximate surface area is 220 Å². The Morgan fingerprint density at radius 2 is 1.97 bits per heavy atom. The van der Waals surface area contributed by atoms with Crippen LogP contribution in [0.4, 0.5) is 16.0 Å². The zero-order chi connectivity index (χ0) is 26.1. The van der Waals surface area contributed by atoms with Crippen molar-refractivity contribution in [2.24, 2.45) is 0 Å². The molecule has 38 heavy (non-hydrogen) atoms. The molecule has 2 fully saturated rings. The van der Waals surface area contributed by atoms with Gasteiger partial charge in [-0.15, -0.1) is 0 Å². The summed E-state index contributed by atoms with van der Waals surface area (Å²) in [5.41, 5.74) is 1.11. The number of pyridine rings is 1. The van der Waals surface area contributed by atoms with Gasteiger partial charge in [0.05, 0.1) is 11.3 Å². The number of aryl methyl sites for hydroxylation is 1. The fraction of sp³-hybridized carbons (Fsp3) is 0.310. The Bertz CT molecular complexity index is 1500. The number of hydrogen-bond donors (Lipinski definition) is 3. The first-order valence-electron chi connectivity index (χ1n) is 13.0. The number of amides is 1. The molecule has 2 aliphatic rings. The Morgan fingerprint density at radius 1 is 1.08 bits per heavy atom. The van der Waals surface area contributed by atoms with Crippen LogP contribution in [0.25, 0.3) is 22.0 Å². The molecule has 0 radical (unpaired) electrons. The average Bonchev–Trinajstić information content (AvgIpc) is 3.70. The topological polar surface area (TPSA) is 101 Å². The summed E-state index contributed by atoms with van der Waals surface area (Å²) >= 11 is 0. The minimum Gasteiger partial charge on any atom is -0.437 e. The summed E-state index contributed by atoms with van der Waals surface area (Å²) in [7, 11) is 0. The van der Waals surface area contributed by atoms with Gasteiger partial charge in [0.1, 0.15) is 5.75 Å². The molecule has 2 aromatic carbocycles. The summed E-state index contributed by atoms with van der Waals surface area (Å²) in [6, 6.07) is 15.2. The fourth-order valence-electron chi connectivity index (χ4n) is 4.75. The number of nitrogens with one attached hydrogen (secondary N) is 3. The third kappa shape index (κ3) is 4.89. The molecule has 1 atom stereocenters. The van der Waals surface area contributed by atoms with Crippen molar-refractivity contribution < 1.29 is 13.9 Å². The summed E-state index contributed by atoms with van der Waals surface area (Å²) in [5.74, 6) is 0.981. The molecule has 1 saturated heterocycles. The predicted octanol–water partition coefficient (Wildman–Crippen LogP) is 5.40. The van der Waals surface area contributed by atoms with Gasteiger partial charge in [-0.25, -0.2) is 19.3 Å². The SMILES string of the molecule is Cc1ccc2c(NC(=O)C3(F)CC3)cccc2c1Oc1ncccc1-c1ccnc(N[C@H]2CCCNC2)n1. The van der Waals surface area contributed by atoms with Crippen LogP contribution in [0.15, 0.2) is 60.9 Å². The lowest BCUT2D eigenvalue weighted by Gasteiger charge is -2.23. The number of nitrogens with zero attached hydrogens (tertiary/aromatic N) is 3. The van der Waals surface area contributed by atoms with E-state index in [4.69, 9.17) is 9.72 Å². The van der Waals surface area contributed by atoms with E-state index >= 15 is 0 Å². The van der Waals surface area contributed by atoms with Gasteiger partial charge in [0.2, 0.25) is 11.8 Å². The summed E-state index contributed by atoms with van der Waals surface area (Å²) in [4.78, 5) is 26.1. The Hall–Kier alpha value is -4.11. The molecule has 194 valence electrons. The predicted molar refractivity (Wildman–Crippen MR) is 145 cm³/mol. The lowest BCUT2D eigenvalue weighted by Crippen LogP contribution is -2.38. The first-order valence-corrected chi connectivity index (χ1v) is 13.0. The smallest absolute Gasteiger partial charge is 0.262 e. The molecule has 9 heteroatoms. The normalized spacial score (nSPS) is 18.1. The van der Waals surface area contributed by atoms with Crippen molar-refractivity contribution in [1.29, 1.82) is 0 Å². The molecule has 1 saturated carbocycles. The Morgan fingerprint density at radius 3 is 2.79 bits per heavy atom. The van der Waals surface area contributed by atoms with Gasteiger partial charge >= 0.3 is 0 Å². The maximum absolute atomic E-state index is 14.3. The number of ether oxygens (including phenoxy) is 1. The van der Waals surface area contributed by atoms with Gasteiger partial charge in [-0.3, -0.25) is 4.79 Å². The van der Waals surface area contributed by atoms with Crippen molar-refractivity contribution in [3.8, 4) is 22.9 Å². The first-order chi connectivity index (χ1) is 18.5. The minimum absolute atomic E-state index is 0.261. The van der Waals surface area contributed by atoms with Crippen molar-refractivity contribution in [3.05, 3.63) is 66.5 Å². The number of piperidine rings is 1. The quantitative estimate of drug-likeness (QED) is 0.305. The number of rotatable bonds is 7. The fourth-order valence-corrected chi connectivity index (χ4v) is 4.75. The molecule has 0 bridgehead atoms. The van der Waals surface area contributed by atoms with Crippen LogP contribution in [0.3, 0.4) is 0 Å². The highest BCUT2D eigenvalue weighted by molar-refractivity contribution is 6.07. The van der Waals surface area contributed by atoms with Gasteiger partial charge in [0, 0.05) is 41.4 Å². The molecule has 0 unspecified atom stereocenters. The maximum Gasteiger partial charge on any atom is 0.262 e. The molecular formula is C29H29FN6O2. The standard InChI is InChI=1S/C29H29FN6O2/c1-18-9-10-20-21(6-2-8-23(20)35-27(37)29(30)12-13-29)25(18)38-26-22(7-4-15-32-26)24-11-16-33-28(36-24)34-19-5-3-14-31-17-19/h2,4,6-11,15-16,19,31H,3,5,12-14,17H2,1H3,(H,35,37)(H,33,34,36)/t19-/m0/s1. The van der Waals surface area contributed by atoms with E-state index in [1.54, 1.807) is 18.5 Å². The summed E-state index contributed by atoms with van der Waals surface area (Å²) in [5, 5.41) is 11.1. The zero-order valence-corrected chi connectivity index (χ0v) is 21.1. The second-order valence-electron chi connectivity index (χ2n) is 9.94. The van der Waals surface area contributed by atoms with Crippen LogP contribution in [-0.4, -0.2) is 45.7 Å². The zero-order valence-electron chi connectivity index (χ0n) is 21.1. The summed E-state index contributed by atoms with van der Waals surface area (Å²) in [6.45, 7) is 3.87. The maximum atomic E-state index is 14.3. The largest absolute Gasteiger partial charge is 0.437 e. The number of hydrogen-bond acceptors (Lipinski definition) is 7. The number of carbonyl (C=O) groups excluding carboxylic acids is 1. The van der Waals surface area contributed by atoms with E-state index in [-0.39, 0.29) is 18.9 Å². The third-order valence-corrected chi connectivity index (χ3v) is 7.08. The number of anilines is 2. The van der Waals surface area contributed by atoms with Crippen LogP contribution in [-0.2, 0) is 4.79 Å². The van der Waals surface area contributed by atoms with E-state index in [1.165, 1.54) is 0 Å². The number of carbonyl (C=O) groups is 1. The van der Waals surface area contributed by atoms with Gasteiger partial charge in [-0.1, -0.05) is 24.3 Å². The van der Waals surface area contributed by atoms with Crippen molar-refractivity contribution in [1.82, 2.24) is 20.3 Å². The van der Waals surface area contributed by atoms with Gasteiger partial charge in [-0.05, 0) is 69.0 Å². The van der Waals surface area contributed by atoms with Crippen LogP contribution in [0.1, 0.15) is 31.2 Å². The van der Waals surface area contributed by atoms with Crippen LogP contribution in [0.5, 0.6) is 11.6 Å². The molecule has 8 nitrogen and oxygen atoms in total. The highest BCUT2D eigenvalue weighted by Crippen LogP contribution is 2.42. The molecule has 1 aliphatic heterocycles. The highest BCUT2D eigenvalue weighted by atomic mass is 19.1. The number of benzene rings is 2. The van der Waals surface area contributed by atoms with Crippen LogP contribution >= 0.6 is 0 Å². The summed E-state index contributed by atoms with van der Waals surface area (Å²) in [6.07, 6.45) is 6.11. The van der Waals surface area contributed by atoms with Gasteiger partial charge in [0.15, 0.2) is 5.67 Å². The number of aromatic nitrogens is 3. The van der Waals surface area contributed by atoms with Gasteiger partial charge in [-0.2, -0.15) is 0 Å². The van der Waals surface area contributed by atoms with E-state index in [9.17, 15) is 9.18 Å². The van der Waals surface area contributed by atoms with Crippen molar-refractivity contribution >= 4 is 28.3 Å². The first kappa shape index (κ1) is 24.2. The molecule has 1 amide bonds.